The molecule has 0 fully saturated rings. The van der Waals surface area contributed by atoms with Crippen LogP contribution in [0.5, 0.6) is 0 Å². The number of aromatic nitrogens is 2. The molecule has 4 heteroatoms. The van der Waals surface area contributed by atoms with E-state index in [1.165, 1.54) is 8.89 Å². The average molecular weight is 356 g/mol. The lowest BCUT2D eigenvalue weighted by molar-refractivity contribution is 0.879. The third-order valence-electron chi connectivity index (χ3n) is 2.70. The summed E-state index contributed by atoms with van der Waals surface area (Å²) in [6, 6.07) is 10.4. The molecule has 1 aromatic heterocycles. The van der Waals surface area contributed by atoms with Crippen molar-refractivity contribution >= 4 is 36.0 Å². The minimum atomic E-state index is -1.39. The minimum Gasteiger partial charge on any atom is -0.241 e. The molecule has 90 valence electrons. The van der Waals surface area contributed by atoms with Crippen LogP contribution in [0, 0.1) is 10.5 Å². The van der Waals surface area contributed by atoms with Crippen molar-refractivity contribution in [2.45, 2.75) is 26.6 Å². The van der Waals surface area contributed by atoms with Crippen LogP contribution in [-0.2, 0) is 0 Å². The molecule has 0 N–H and O–H groups in total. The van der Waals surface area contributed by atoms with Crippen LogP contribution in [0.2, 0.25) is 19.6 Å². The topological polar surface area (TPSA) is 17.8 Å². The molecule has 1 aromatic carbocycles. The Morgan fingerprint density at radius 1 is 1.12 bits per heavy atom. The Morgan fingerprint density at radius 3 is 2.24 bits per heavy atom. The number of halogens is 1. The summed E-state index contributed by atoms with van der Waals surface area (Å²) in [7, 11) is -1.39. The second-order valence-corrected chi connectivity index (χ2v) is 11.3. The molecule has 0 bridgehead atoms. The molecule has 0 radical (unpaired) electrons. The Bertz CT molecular complexity index is 526. The van der Waals surface area contributed by atoms with E-state index < -0.39 is 8.07 Å². The second kappa shape index (κ2) is 4.57. The van der Waals surface area contributed by atoms with Gasteiger partial charge in [0.15, 0.2) is 0 Å². The largest absolute Gasteiger partial charge is 0.241 e. The number of para-hydroxylation sites is 1. The van der Waals surface area contributed by atoms with Gasteiger partial charge in [-0.3, -0.25) is 0 Å². The predicted octanol–water partition coefficient (Wildman–Crippen LogP) is 3.33. The van der Waals surface area contributed by atoms with Gasteiger partial charge in [-0.25, -0.2) is 4.68 Å². The number of benzene rings is 1. The van der Waals surface area contributed by atoms with Gasteiger partial charge in [0.05, 0.1) is 15.0 Å². The van der Waals surface area contributed by atoms with Crippen LogP contribution >= 0.6 is 22.6 Å². The lowest BCUT2D eigenvalue weighted by Crippen LogP contribution is -2.44. The fourth-order valence-electron chi connectivity index (χ4n) is 1.91. The van der Waals surface area contributed by atoms with Gasteiger partial charge in [0, 0.05) is 5.32 Å². The van der Waals surface area contributed by atoms with E-state index in [-0.39, 0.29) is 0 Å². The summed E-state index contributed by atoms with van der Waals surface area (Å²) in [5.74, 6) is 0. The minimum absolute atomic E-state index is 1.13. The molecule has 0 spiro atoms. The molecule has 0 saturated carbocycles. The van der Waals surface area contributed by atoms with Gasteiger partial charge in [-0.1, -0.05) is 37.8 Å². The summed E-state index contributed by atoms with van der Waals surface area (Å²) in [5, 5.41) is 6.11. The van der Waals surface area contributed by atoms with Crippen molar-refractivity contribution in [3.05, 3.63) is 39.6 Å². The fraction of sp³-hybridized carbons (Fsp3) is 0.308. The maximum absolute atomic E-state index is 4.69. The molecule has 2 rings (SSSR count). The Kier molecular flexibility index (Phi) is 3.45. The summed E-state index contributed by atoms with van der Waals surface area (Å²) in [5.41, 5.74) is 2.29. The first-order valence-electron chi connectivity index (χ1n) is 5.72. The molecule has 0 unspecified atom stereocenters. The predicted molar refractivity (Wildman–Crippen MR) is 84.0 cm³/mol. The van der Waals surface area contributed by atoms with Crippen molar-refractivity contribution in [3.8, 4) is 5.69 Å². The molecular weight excluding hydrogens is 339 g/mol. The molecule has 2 aromatic rings. The third-order valence-corrected chi connectivity index (χ3v) is 6.38. The van der Waals surface area contributed by atoms with Gasteiger partial charge < -0.3 is 0 Å². The number of nitrogens with zero attached hydrogens (tertiary/aromatic N) is 2. The van der Waals surface area contributed by atoms with Crippen LogP contribution in [0.25, 0.3) is 5.69 Å². The number of hydrogen-bond acceptors (Lipinski definition) is 1. The molecule has 2 nitrogen and oxygen atoms in total. The molecule has 0 aliphatic rings. The van der Waals surface area contributed by atoms with Crippen molar-refractivity contribution < 1.29 is 0 Å². The molecular formula is C13H17IN2Si. The Balaban J connectivity index is 2.67. The Labute approximate surface area is 117 Å². The fourth-order valence-corrected chi connectivity index (χ4v) is 6.33. The maximum atomic E-state index is 4.69. The average Bonchev–Trinajstić information content (AvgIpc) is 2.56. The second-order valence-electron chi connectivity index (χ2n) is 5.25. The van der Waals surface area contributed by atoms with Crippen LogP contribution in [0.15, 0.2) is 30.3 Å². The van der Waals surface area contributed by atoms with Gasteiger partial charge in [-0.05, 0) is 41.6 Å². The van der Waals surface area contributed by atoms with Crippen molar-refractivity contribution in [2.75, 3.05) is 0 Å². The van der Waals surface area contributed by atoms with Crippen molar-refractivity contribution in [1.82, 2.24) is 9.78 Å². The van der Waals surface area contributed by atoms with Crippen molar-refractivity contribution in [3.63, 3.8) is 0 Å². The monoisotopic (exact) mass is 356 g/mol. The highest BCUT2D eigenvalue weighted by atomic mass is 127. The van der Waals surface area contributed by atoms with Crippen LogP contribution in [0.1, 0.15) is 5.69 Å². The van der Waals surface area contributed by atoms with E-state index in [2.05, 4.69) is 78.1 Å². The zero-order valence-electron chi connectivity index (χ0n) is 10.7. The quantitative estimate of drug-likeness (QED) is 0.596. The number of aryl methyl sites for hydroxylation is 1. The molecule has 0 aliphatic heterocycles. The van der Waals surface area contributed by atoms with Gasteiger partial charge in [-0.15, -0.1) is 0 Å². The van der Waals surface area contributed by atoms with Crippen LogP contribution in [-0.4, -0.2) is 17.9 Å². The number of rotatable bonds is 2. The van der Waals surface area contributed by atoms with Crippen LogP contribution < -0.4 is 5.32 Å². The zero-order chi connectivity index (χ0) is 12.6. The first kappa shape index (κ1) is 12.8. The molecule has 17 heavy (non-hydrogen) atoms. The van der Waals surface area contributed by atoms with Crippen LogP contribution in [0.4, 0.5) is 0 Å². The highest BCUT2D eigenvalue weighted by molar-refractivity contribution is 14.1. The zero-order valence-corrected chi connectivity index (χ0v) is 13.8. The smallest absolute Gasteiger partial charge is 0.103 e. The highest BCUT2D eigenvalue weighted by Gasteiger charge is 2.27. The third kappa shape index (κ3) is 2.47. The summed E-state index contributed by atoms with van der Waals surface area (Å²) >= 11 is 2.43. The lowest BCUT2D eigenvalue weighted by atomic mass is 10.3. The first-order chi connectivity index (χ1) is 7.91. The van der Waals surface area contributed by atoms with Gasteiger partial charge in [0.1, 0.15) is 8.07 Å². The summed E-state index contributed by atoms with van der Waals surface area (Å²) in [6.45, 7) is 9.19. The molecule has 0 atom stereocenters. The Hall–Kier alpha value is -0.623. The number of hydrogen-bond donors (Lipinski definition) is 0. The van der Waals surface area contributed by atoms with Gasteiger partial charge >= 0.3 is 0 Å². The lowest BCUT2D eigenvalue weighted by Gasteiger charge is -2.19. The van der Waals surface area contributed by atoms with E-state index in [0.29, 0.717) is 0 Å². The summed E-state index contributed by atoms with van der Waals surface area (Å²) in [4.78, 5) is 0. The SMILES string of the molecule is Cc1nn(-c2ccccc2)c([Si](C)(C)C)c1I. The standard InChI is InChI=1S/C13H17IN2Si/c1-10-12(14)13(17(2,3)4)16(15-10)11-8-6-5-7-9-11/h5-9H,1-4H3. The van der Waals surface area contributed by atoms with Crippen LogP contribution in [0.3, 0.4) is 0 Å². The van der Waals surface area contributed by atoms with Gasteiger partial charge in [-0.2, -0.15) is 5.10 Å². The van der Waals surface area contributed by atoms with E-state index in [0.717, 1.165) is 11.4 Å². The normalized spacial score (nSPS) is 11.8. The molecule has 0 saturated heterocycles. The molecule has 1 heterocycles. The van der Waals surface area contributed by atoms with E-state index >= 15 is 0 Å². The summed E-state index contributed by atoms with van der Waals surface area (Å²) in [6.07, 6.45) is 0. The van der Waals surface area contributed by atoms with Crippen molar-refractivity contribution in [2.24, 2.45) is 0 Å². The van der Waals surface area contributed by atoms with E-state index in [1.807, 2.05) is 6.07 Å². The maximum Gasteiger partial charge on any atom is 0.103 e. The molecule has 0 amide bonds. The van der Waals surface area contributed by atoms with E-state index in [9.17, 15) is 0 Å². The van der Waals surface area contributed by atoms with Gasteiger partial charge in [0.2, 0.25) is 0 Å². The summed E-state index contributed by atoms with van der Waals surface area (Å²) < 4.78 is 3.45. The molecule has 0 aliphatic carbocycles. The highest BCUT2D eigenvalue weighted by Crippen LogP contribution is 2.16. The van der Waals surface area contributed by atoms with Gasteiger partial charge in [0.25, 0.3) is 0 Å². The first-order valence-corrected chi connectivity index (χ1v) is 10.3. The van der Waals surface area contributed by atoms with E-state index in [4.69, 9.17) is 5.10 Å². The van der Waals surface area contributed by atoms with Crippen molar-refractivity contribution in [1.29, 1.82) is 0 Å². The Morgan fingerprint density at radius 2 is 1.71 bits per heavy atom. The van der Waals surface area contributed by atoms with E-state index in [1.54, 1.807) is 0 Å².